The Morgan fingerprint density at radius 2 is 1.94 bits per heavy atom. The second-order valence-corrected chi connectivity index (χ2v) is 3.93. The van der Waals surface area contributed by atoms with Gasteiger partial charge in [-0.2, -0.15) is 0 Å². The van der Waals surface area contributed by atoms with Crippen LogP contribution in [-0.2, 0) is 0 Å². The number of nitrogens with two attached hydrogens (primary N) is 1. The highest BCUT2D eigenvalue weighted by atomic mass is 15.0. The van der Waals surface area contributed by atoms with Gasteiger partial charge in [0, 0.05) is 12.4 Å². The molecule has 3 N–H and O–H groups in total. The molecule has 2 aromatic heterocycles. The highest BCUT2D eigenvalue weighted by Crippen LogP contribution is 2.10. The maximum atomic E-state index is 5.57. The smallest absolute Gasteiger partial charge is 0.198 e. The van der Waals surface area contributed by atoms with Crippen molar-refractivity contribution in [1.82, 2.24) is 19.9 Å². The van der Waals surface area contributed by atoms with E-state index in [9.17, 15) is 0 Å². The molecule has 0 aliphatic heterocycles. The number of anilines is 1. The van der Waals surface area contributed by atoms with Crippen LogP contribution in [0, 0.1) is 0 Å². The lowest BCUT2D eigenvalue weighted by molar-refractivity contribution is 1.29. The summed E-state index contributed by atoms with van der Waals surface area (Å²) in [5, 5.41) is 1.43. The van der Waals surface area contributed by atoms with E-state index in [-0.39, 0.29) is 0 Å². The average molecular weight is 237 g/mol. The quantitative estimate of drug-likeness (QED) is 0.632. The van der Waals surface area contributed by atoms with Gasteiger partial charge < -0.3 is 10.7 Å². The normalized spacial score (nSPS) is 12.1. The van der Waals surface area contributed by atoms with E-state index >= 15 is 0 Å². The van der Waals surface area contributed by atoms with Crippen molar-refractivity contribution in [2.75, 3.05) is 5.73 Å². The number of imidazole rings is 1. The summed E-state index contributed by atoms with van der Waals surface area (Å²) < 4.78 is 0. The molecule has 0 radical (unpaired) electrons. The Bertz CT molecular complexity index is 819. The van der Waals surface area contributed by atoms with Crippen LogP contribution in [0.3, 0.4) is 0 Å². The van der Waals surface area contributed by atoms with Gasteiger partial charge in [0.25, 0.3) is 0 Å². The lowest BCUT2D eigenvalue weighted by Crippen LogP contribution is -2.22. The molecule has 88 valence electrons. The SMILES string of the molecule is C=c1[nH]c(N)n/c1=C\c1ccc2nccnc2c1. The molecule has 0 saturated carbocycles. The summed E-state index contributed by atoms with van der Waals surface area (Å²) in [4.78, 5) is 15.5. The largest absolute Gasteiger partial charge is 0.369 e. The minimum absolute atomic E-state index is 0.367. The van der Waals surface area contributed by atoms with Crippen molar-refractivity contribution >= 4 is 29.6 Å². The van der Waals surface area contributed by atoms with Crippen LogP contribution in [0.4, 0.5) is 5.95 Å². The molecule has 0 spiro atoms. The van der Waals surface area contributed by atoms with Crippen LogP contribution < -0.4 is 16.4 Å². The first kappa shape index (κ1) is 10.5. The maximum absolute atomic E-state index is 5.57. The zero-order chi connectivity index (χ0) is 12.5. The van der Waals surface area contributed by atoms with E-state index < -0.39 is 0 Å². The summed E-state index contributed by atoms with van der Waals surface area (Å²) in [6, 6.07) is 5.83. The molecule has 0 unspecified atom stereocenters. The molecule has 0 atom stereocenters. The number of rotatable bonds is 1. The highest BCUT2D eigenvalue weighted by Gasteiger charge is 1.97. The van der Waals surface area contributed by atoms with Gasteiger partial charge in [0.05, 0.1) is 21.7 Å². The number of H-pyrrole nitrogens is 1. The number of hydrogen-bond acceptors (Lipinski definition) is 4. The van der Waals surface area contributed by atoms with Crippen molar-refractivity contribution in [3.8, 4) is 0 Å². The van der Waals surface area contributed by atoms with Gasteiger partial charge in [0.15, 0.2) is 5.95 Å². The molecule has 1 aromatic carbocycles. The van der Waals surface area contributed by atoms with Gasteiger partial charge in [0.2, 0.25) is 0 Å². The molecular formula is C13H11N5. The lowest BCUT2D eigenvalue weighted by atomic mass is 10.2. The predicted octanol–water partition coefficient (Wildman–Crippen LogP) is 0.174. The van der Waals surface area contributed by atoms with Gasteiger partial charge in [0.1, 0.15) is 0 Å². The summed E-state index contributed by atoms with van der Waals surface area (Å²) >= 11 is 0. The second-order valence-electron chi connectivity index (χ2n) is 3.93. The van der Waals surface area contributed by atoms with Crippen molar-refractivity contribution < 1.29 is 0 Å². The Morgan fingerprint density at radius 1 is 1.17 bits per heavy atom. The number of nitrogen functional groups attached to an aromatic ring is 1. The van der Waals surface area contributed by atoms with Crippen molar-refractivity contribution in [2.45, 2.75) is 0 Å². The van der Waals surface area contributed by atoms with Crippen molar-refractivity contribution in [1.29, 1.82) is 0 Å². The number of aromatic amines is 1. The van der Waals surface area contributed by atoms with E-state index in [2.05, 4.69) is 26.5 Å². The van der Waals surface area contributed by atoms with E-state index in [1.807, 2.05) is 24.3 Å². The number of hydrogen-bond donors (Lipinski definition) is 2. The molecule has 2 heterocycles. The summed E-state index contributed by atoms with van der Waals surface area (Å²) in [6.45, 7) is 3.84. The standard InChI is InChI=1S/C13H11N5/c1-8-11(18-13(14)17-8)6-9-2-3-10-12(7-9)16-5-4-15-10/h2-7H,1H2,(H3,14,17,18)/b11-6-. The lowest BCUT2D eigenvalue weighted by Gasteiger charge is -1.96. The third-order valence-electron chi connectivity index (χ3n) is 2.63. The first-order valence-corrected chi connectivity index (χ1v) is 5.45. The van der Waals surface area contributed by atoms with Crippen LogP contribution in [-0.4, -0.2) is 19.9 Å². The van der Waals surface area contributed by atoms with Crippen LogP contribution in [0.25, 0.3) is 23.7 Å². The third-order valence-corrected chi connectivity index (χ3v) is 2.63. The zero-order valence-electron chi connectivity index (χ0n) is 9.59. The predicted molar refractivity (Wildman–Crippen MR) is 70.9 cm³/mol. The number of nitrogens with one attached hydrogen (secondary N) is 1. The third kappa shape index (κ3) is 1.82. The van der Waals surface area contributed by atoms with Crippen LogP contribution in [0.15, 0.2) is 30.6 Å². The topological polar surface area (TPSA) is 80.5 Å². The Labute approximate surface area is 103 Å². The molecule has 3 aromatic rings. The monoisotopic (exact) mass is 237 g/mol. The molecule has 0 aliphatic carbocycles. The summed E-state index contributed by atoms with van der Waals surface area (Å²) in [6.07, 6.45) is 5.25. The summed E-state index contributed by atoms with van der Waals surface area (Å²) in [5.74, 6) is 0.367. The molecule has 0 bridgehead atoms. The fraction of sp³-hybridized carbons (Fsp3) is 0. The second kappa shape index (κ2) is 3.96. The molecule has 3 rings (SSSR count). The van der Waals surface area contributed by atoms with Gasteiger partial charge in [-0.15, -0.1) is 0 Å². The van der Waals surface area contributed by atoms with Gasteiger partial charge >= 0.3 is 0 Å². The van der Waals surface area contributed by atoms with Crippen LogP contribution in [0.2, 0.25) is 0 Å². The van der Waals surface area contributed by atoms with E-state index in [1.54, 1.807) is 12.4 Å². The maximum Gasteiger partial charge on any atom is 0.198 e. The Hall–Kier alpha value is -2.69. The van der Waals surface area contributed by atoms with E-state index in [0.29, 0.717) is 11.3 Å². The summed E-state index contributed by atoms with van der Waals surface area (Å²) in [5.41, 5.74) is 8.27. The van der Waals surface area contributed by atoms with Crippen molar-refractivity contribution in [3.05, 3.63) is 46.9 Å². The molecule has 0 aliphatic rings. The van der Waals surface area contributed by atoms with Gasteiger partial charge in [-0.05, 0) is 23.8 Å². The first-order chi connectivity index (χ1) is 8.72. The Balaban J connectivity index is 2.18. The summed E-state index contributed by atoms with van der Waals surface area (Å²) in [7, 11) is 0. The molecule has 5 heteroatoms. The van der Waals surface area contributed by atoms with Crippen molar-refractivity contribution in [2.24, 2.45) is 0 Å². The van der Waals surface area contributed by atoms with Crippen molar-refractivity contribution in [3.63, 3.8) is 0 Å². The minimum Gasteiger partial charge on any atom is -0.369 e. The number of fused-ring (bicyclic) bond motifs is 1. The van der Waals surface area contributed by atoms with Crippen LogP contribution in [0.1, 0.15) is 5.56 Å². The van der Waals surface area contributed by atoms with Crippen LogP contribution >= 0.6 is 0 Å². The van der Waals surface area contributed by atoms with E-state index in [1.165, 1.54) is 0 Å². The Kier molecular flexibility index (Phi) is 2.30. The number of nitrogens with zero attached hydrogens (tertiary/aromatic N) is 3. The van der Waals surface area contributed by atoms with Crippen LogP contribution in [0.5, 0.6) is 0 Å². The number of benzene rings is 1. The highest BCUT2D eigenvalue weighted by molar-refractivity contribution is 5.76. The molecule has 5 nitrogen and oxygen atoms in total. The van der Waals surface area contributed by atoms with Gasteiger partial charge in [-0.25, -0.2) is 4.98 Å². The first-order valence-electron chi connectivity index (χ1n) is 5.45. The van der Waals surface area contributed by atoms with E-state index in [4.69, 9.17) is 5.73 Å². The van der Waals surface area contributed by atoms with E-state index in [0.717, 1.165) is 21.9 Å². The molecule has 0 fully saturated rings. The zero-order valence-corrected chi connectivity index (χ0v) is 9.59. The molecule has 18 heavy (non-hydrogen) atoms. The van der Waals surface area contributed by atoms with Gasteiger partial charge in [-0.1, -0.05) is 12.6 Å². The molecule has 0 amide bonds. The van der Waals surface area contributed by atoms with Gasteiger partial charge in [-0.3, -0.25) is 9.97 Å². The minimum atomic E-state index is 0.367. The number of aromatic nitrogens is 4. The molecular weight excluding hydrogens is 226 g/mol. The fourth-order valence-electron chi connectivity index (χ4n) is 1.79. The average Bonchev–Trinajstić information content (AvgIpc) is 2.68. The fourth-order valence-corrected chi connectivity index (χ4v) is 1.79. The molecule has 0 saturated heterocycles. The Morgan fingerprint density at radius 3 is 2.67 bits per heavy atom.